The summed E-state index contributed by atoms with van der Waals surface area (Å²) in [6, 6.07) is 8.22. The van der Waals surface area contributed by atoms with Crippen molar-refractivity contribution in [3.63, 3.8) is 0 Å². The SMILES string of the molecule is Cc1ccc(S(=O)(=O)n2ccc3nc(N)cnc32)cc1.Cl. The second-order valence-corrected chi connectivity index (χ2v) is 6.25. The van der Waals surface area contributed by atoms with E-state index in [4.69, 9.17) is 5.73 Å². The molecule has 1 aromatic carbocycles. The number of hydrogen-bond acceptors (Lipinski definition) is 5. The van der Waals surface area contributed by atoms with Crippen LogP contribution in [0.4, 0.5) is 5.82 Å². The molecule has 0 atom stereocenters. The van der Waals surface area contributed by atoms with Crippen LogP contribution in [-0.4, -0.2) is 22.4 Å². The largest absolute Gasteiger partial charge is 0.382 e. The summed E-state index contributed by atoms with van der Waals surface area (Å²) in [7, 11) is -3.68. The Morgan fingerprint density at radius 1 is 1.14 bits per heavy atom. The molecule has 0 aliphatic heterocycles. The molecule has 0 aliphatic rings. The van der Waals surface area contributed by atoms with Crippen molar-refractivity contribution in [2.24, 2.45) is 0 Å². The van der Waals surface area contributed by atoms with Gasteiger partial charge in [0.2, 0.25) is 0 Å². The summed E-state index contributed by atoms with van der Waals surface area (Å²) in [4.78, 5) is 8.30. The molecule has 0 aliphatic carbocycles. The predicted octanol–water partition coefficient (Wildman–Crippen LogP) is 1.98. The van der Waals surface area contributed by atoms with Gasteiger partial charge in [0, 0.05) is 6.20 Å². The molecule has 0 fully saturated rings. The van der Waals surface area contributed by atoms with E-state index in [1.165, 1.54) is 12.4 Å². The fourth-order valence-corrected chi connectivity index (χ4v) is 3.22. The Balaban J connectivity index is 0.00000161. The fourth-order valence-electron chi connectivity index (χ4n) is 1.92. The van der Waals surface area contributed by atoms with Crippen molar-refractivity contribution in [3.8, 4) is 0 Å². The Morgan fingerprint density at radius 3 is 2.48 bits per heavy atom. The van der Waals surface area contributed by atoms with Crippen LogP contribution < -0.4 is 5.73 Å². The molecule has 0 unspecified atom stereocenters. The second kappa shape index (κ2) is 5.34. The Labute approximate surface area is 128 Å². The molecule has 21 heavy (non-hydrogen) atoms. The number of halogens is 1. The van der Waals surface area contributed by atoms with Crippen molar-refractivity contribution in [2.45, 2.75) is 11.8 Å². The zero-order valence-electron chi connectivity index (χ0n) is 11.1. The van der Waals surface area contributed by atoms with Gasteiger partial charge in [-0.05, 0) is 25.1 Å². The predicted molar refractivity (Wildman–Crippen MR) is 83.0 cm³/mol. The molecule has 0 amide bonds. The molecule has 0 spiro atoms. The molecule has 2 N–H and O–H groups in total. The van der Waals surface area contributed by atoms with Gasteiger partial charge in [-0.25, -0.2) is 22.4 Å². The summed E-state index contributed by atoms with van der Waals surface area (Å²) in [6.07, 6.45) is 2.77. The van der Waals surface area contributed by atoms with E-state index in [0.29, 0.717) is 5.52 Å². The Morgan fingerprint density at radius 2 is 1.81 bits per heavy atom. The number of anilines is 1. The van der Waals surface area contributed by atoms with E-state index in [1.807, 2.05) is 6.92 Å². The molecular weight excluding hydrogens is 312 g/mol. The van der Waals surface area contributed by atoms with E-state index in [2.05, 4.69) is 9.97 Å². The number of rotatable bonds is 2. The first-order valence-electron chi connectivity index (χ1n) is 5.90. The molecule has 2 aromatic heterocycles. The molecular formula is C13H13ClN4O2S. The number of nitrogens with zero attached hydrogens (tertiary/aromatic N) is 3. The van der Waals surface area contributed by atoms with Crippen LogP contribution in [0.5, 0.6) is 0 Å². The lowest BCUT2D eigenvalue weighted by molar-refractivity contribution is 0.588. The number of benzene rings is 1. The van der Waals surface area contributed by atoms with Crippen molar-refractivity contribution in [1.82, 2.24) is 13.9 Å². The topological polar surface area (TPSA) is 90.9 Å². The average Bonchev–Trinajstić information content (AvgIpc) is 2.82. The number of nitrogen functional groups attached to an aromatic ring is 1. The van der Waals surface area contributed by atoms with Gasteiger partial charge in [-0.1, -0.05) is 17.7 Å². The molecule has 0 radical (unpaired) electrons. The first-order valence-corrected chi connectivity index (χ1v) is 7.34. The van der Waals surface area contributed by atoms with E-state index >= 15 is 0 Å². The van der Waals surface area contributed by atoms with Crippen molar-refractivity contribution in [3.05, 3.63) is 48.3 Å². The first-order chi connectivity index (χ1) is 9.48. The highest BCUT2D eigenvalue weighted by Gasteiger charge is 2.19. The zero-order chi connectivity index (χ0) is 14.3. The first kappa shape index (κ1) is 15.3. The minimum absolute atomic E-state index is 0. The minimum Gasteiger partial charge on any atom is -0.382 e. The highest BCUT2D eigenvalue weighted by atomic mass is 35.5. The highest BCUT2D eigenvalue weighted by molar-refractivity contribution is 7.90. The van der Waals surface area contributed by atoms with Crippen molar-refractivity contribution in [2.75, 3.05) is 5.73 Å². The summed E-state index contributed by atoms with van der Waals surface area (Å²) in [6.45, 7) is 1.90. The third-order valence-electron chi connectivity index (χ3n) is 2.95. The number of fused-ring (bicyclic) bond motifs is 1. The van der Waals surface area contributed by atoms with Gasteiger partial charge < -0.3 is 5.73 Å². The molecule has 3 rings (SSSR count). The monoisotopic (exact) mass is 324 g/mol. The maximum atomic E-state index is 12.6. The summed E-state index contributed by atoms with van der Waals surface area (Å²) in [5.74, 6) is 0.253. The van der Waals surface area contributed by atoms with Gasteiger partial charge in [-0.2, -0.15) is 0 Å². The number of aromatic nitrogens is 3. The minimum atomic E-state index is -3.68. The van der Waals surface area contributed by atoms with E-state index in [1.54, 1.807) is 30.3 Å². The fraction of sp³-hybridized carbons (Fsp3) is 0.0769. The normalized spacial score (nSPS) is 11.3. The molecule has 0 saturated carbocycles. The van der Waals surface area contributed by atoms with E-state index < -0.39 is 10.0 Å². The van der Waals surface area contributed by atoms with Gasteiger partial charge >= 0.3 is 0 Å². The number of aryl methyl sites for hydroxylation is 1. The number of nitrogens with two attached hydrogens (primary N) is 1. The van der Waals surface area contributed by atoms with Gasteiger partial charge in [-0.3, -0.25) is 0 Å². The van der Waals surface area contributed by atoms with Crippen LogP contribution in [0.2, 0.25) is 0 Å². The van der Waals surface area contributed by atoms with Gasteiger partial charge in [0.1, 0.15) is 11.3 Å². The van der Waals surface area contributed by atoms with E-state index in [-0.39, 0.29) is 28.8 Å². The smallest absolute Gasteiger partial charge is 0.269 e. The number of hydrogen-bond donors (Lipinski definition) is 1. The molecule has 3 aromatic rings. The van der Waals surface area contributed by atoms with Gasteiger partial charge in [-0.15, -0.1) is 12.4 Å². The molecule has 2 heterocycles. The molecule has 8 heteroatoms. The third-order valence-corrected chi connectivity index (χ3v) is 4.63. The summed E-state index contributed by atoms with van der Waals surface area (Å²) < 4.78 is 26.2. The van der Waals surface area contributed by atoms with Crippen LogP contribution in [0.1, 0.15) is 5.56 Å². The van der Waals surface area contributed by atoms with Crippen LogP contribution in [-0.2, 0) is 10.0 Å². The summed E-state index contributed by atoms with van der Waals surface area (Å²) in [5.41, 5.74) is 7.24. The Kier molecular flexibility index (Phi) is 3.89. The van der Waals surface area contributed by atoms with Crippen LogP contribution >= 0.6 is 12.4 Å². The summed E-state index contributed by atoms with van der Waals surface area (Å²) in [5, 5.41) is 0. The lowest BCUT2D eigenvalue weighted by Crippen LogP contribution is -2.12. The standard InChI is InChI=1S/C13H12N4O2S.ClH/c1-9-2-4-10(5-3-9)20(18,19)17-7-6-11-13(17)15-8-12(14)16-11;/h2-8H,1H3,(H2,14,16);1H. The maximum absolute atomic E-state index is 12.6. The highest BCUT2D eigenvalue weighted by Crippen LogP contribution is 2.20. The summed E-state index contributed by atoms with van der Waals surface area (Å²) >= 11 is 0. The van der Waals surface area contributed by atoms with Crippen LogP contribution in [0.25, 0.3) is 11.2 Å². The lowest BCUT2D eigenvalue weighted by atomic mass is 10.2. The van der Waals surface area contributed by atoms with Crippen LogP contribution in [0.15, 0.2) is 47.6 Å². The molecule has 0 saturated heterocycles. The van der Waals surface area contributed by atoms with Gasteiger partial charge in [0.05, 0.1) is 11.1 Å². The third kappa shape index (κ3) is 2.57. The molecule has 0 bridgehead atoms. The lowest BCUT2D eigenvalue weighted by Gasteiger charge is -2.07. The quantitative estimate of drug-likeness (QED) is 0.778. The van der Waals surface area contributed by atoms with Crippen molar-refractivity contribution < 1.29 is 8.42 Å². The maximum Gasteiger partial charge on any atom is 0.269 e. The van der Waals surface area contributed by atoms with E-state index in [9.17, 15) is 8.42 Å². The van der Waals surface area contributed by atoms with Gasteiger partial charge in [0.25, 0.3) is 10.0 Å². The van der Waals surface area contributed by atoms with Gasteiger partial charge in [0.15, 0.2) is 5.65 Å². The van der Waals surface area contributed by atoms with Crippen molar-refractivity contribution in [1.29, 1.82) is 0 Å². The average molecular weight is 325 g/mol. The van der Waals surface area contributed by atoms with E-state index in [0.717, 1.165) is 9.54 Å². The van der Waals surface area contributed by atoms with Crippen molar-refractivity contribution >= 4 is 39.4 Å². The van der Waals surface area contributed by atoms with Crippen LogP contribution in [0, 0.1) is 6.92 Å². The van der Waals surface area contributed by atoms with Crippen LogP contribution in [0.3, 0.4) is 0 Å². The molecule has 6 nitrogen and oxygen atoms in total. The Hall–Kier alpha value is -2.12. The second-order valence-electron chi connectivity index (χ2n) is 4.43. The zero-order valence-corrected chi connectivity index (χ0v) is 12.7. The molecule has 110 valence electrons. The Bertz CT molecular complexity index is 888.